The van der Waals surface area contributed by atoms with Crippen LogP contribution in [0.2, 0.25) is 5.02 Å². The molecule has 0 fully saturated rings. The number of aryl methyl sites for hydroxylation is 2. The number of ether oxygens (including phenoxy) is 2. The number of benzene rings is 1. The van der Waals surface area contributed by atoms with Crippen molar-refractivity contribution in [3.8, 4) is 12.1 Å². The molecule has 34 heavy (non-hydrogen) atoms. The number of nitrogens with zero attached hydrogens (tertiary/aromatic N) is 3. The lowest BCUT2D eigenvalue weighted by Crippen LogP contribution is -2.27. The first-order chi connectivity index (χ1) is 16.5. The average Bonchev–Trinajstić information content (AvgIpc) is 3.29. The minimum atomic E-state index is -0.769. The fraction of sp³-hybridized carbons (Fsp3) is 0.280. The van der Waals surface area contributed by atoms with Gasteiger partial charge >= 0.3 is 5.97 Å². The first-order valence-electron chi connectivity index (χ1n) is 10.8. The lowest BCUT2D eigenvalue weighted by molar-refractivity contribution is -0.139. The standard InChI is InChI=1S/C25H21ClN4O3S/c1-2-32-25(31)22-20(13-34-24-16(11-27)10-15-4-3-5-19(15)30-24)33-23(29)18(12-28)21(22)14-6-8-17(26)9-7-14/h6-10,21H,2-5,13,29H2,1H3/t21-/m0/s1. The number of halogens is 1. The van der Waals surface area contributed by atoms with Gasteiger partial charge in [0.25, 0.3) is 0 Å². The first kappa shape index (κ1) is 23.7. The summed E-state index contributed by atoms with van der Waals surface area (Å²) < 4.78 is 11.1. The van der Waals surface area contributed by atoms with Crippen LogP contribution < -0.4 is 5.73 Å². The van der Waals surface area contributed by atoms with Gasteiger partial charge in [0.05, 0.1) is 29.4 Å². The summed E-state index contributed by atoms with van der Waals surface area (Å²) in [5, 5.41) is 20.5. The first-order valence-corrected chi connectivity index (χ1v) is 12.1. The van der Waals surface area contributed by atoms with Gasteiger partial charge in [-0.1, -0.05) is 35.5 Å². The Morgan fingerprint density at radius 1 is 1.29 bits per heavy atom. The molecule has 2 aromatic rings. The van der Waals surface area contributed by atoms with E-state index in [4.69, 9.17) is 26.8 Å². The van der Waals surface area contributed by atoms with Crippen molar-refractivity contribution in [3.63, 3.8) is 0 Å². The van der Waals surface area contributed by atoms with Crippen LogP contribution in [0.15, 0.2) is 58.1 Å². The lowest BCUT2D eigenvalue weighted by Gasteiger charge is -2.28. The van der Waals surface area contributed by atoms with Gasteiger partial charge in [-0.3, -0.25) is 0 Å². The SMILES string of the molecule is CCOC(=O)C1=C(CSc2nc3c(cc2C#N)CCC3)OC(N)=C(C#N)[C@@H]1c1ccc(Cl)cc1. The Labute approximate surface area is 206 Å². The molecule has 2 aliphatic rings. The number of carbonyl (C=O) groups is 1. The monoisotopic (exact) mass is 492 g/mol. The van der Waals surface area contributed by atoms with Crippen molar-refractivity contribution in [2.24, 2.45) is 5.73 Å². The normalized spacial score (nSPS) is 17.0. The molecule has 0 saturated carbocycles. The van der Waals surface area contributed by atoms with Crippen LogP contribution in [0.4, 0.5) is 0 Å². The average molecular weight is 493 g/mol. The molecule has 0 unspecified atom stereocenters. The van der Waals surface area contributed by atoms with Crippen molar-refractivity contribution in [1.29, 1.82) is 10.5 Å². The molecule has 9 heteroatoms. The molecule has 1 atom stereocenters. The summed E-state index contributed by atoms with van der Waals surface area (Å²) in [6.07, 6.45) is 2.82. The number of thioether (sulfide) groups is 1. The molecule has 0 spiro atoms. The van der Waals surface area contributed by atoms with Crippen molar-refractivity contribution >= 4 is 29.3 Å². The van der Waals surface area contributed by atoms with Gasteiger partial charge in [-0.2, -0.15) is 10.5 Å². The molecule has 2 N–H and O–H groups in total. The number of esters is 1. The number of aromatic nitrogens is 1. The molecule has 1 aliphatic heterocycles. The van der Waals surface area contributed by atoms with Gasteiger partial charge in [-0.15, -0.1) is 0 Å². The second-order valence-electron chi connectivity index (χ2n) is 7.73. The highest BCUT2D eigenvalue weighted by Gasteiger charge is 2.37. The van der Waals surface area contributed by atoms with Crippen molar-refractivity contribution in [3.05, 3.63) is 80.5 Å². The van der Waals surface area contributed by atoms with Crippen LogP contribution in [0.25, 0.3) is 0 Å². The number of hydrogen-bond acceptors (Lipinski definition) is 8. The summed E-state index contributed by atoms with van der Waals surface area (Å²) in [6, 6.07) is 13.0. The molecule has 1 aromatic carbocycles. The number of pyridine rings is 1. The van der Waals surface area contributed by atoms with E-state index in [0.29, 0.717) is 21.2 Å². The molecule has 7 nitrogen and oxygen atoms in total. The summed E-state index contributed by atoms with van der Waals surface area (Å²) in [6.45, 7) is 1.86. The molecular formula is C25H21ClN4O3S. The predicted molar refractivity (Wildman–Crippen MR) is 127 cm³/mol. The Bertz CT molecular complexity index is 1290. The third-order valence-electron chi connectivity index (χ3n) is 5.67. The van der Waals surface area contributed by atoms with E-state index in [-0.39, 0.29) is 35.1 Å². The van der Waals surface area contributed by atoms with E-state index in [0.717, 1.165) is 30.5 Å². The number of rotatable bonds is 6. The summed E-state index contributed by atoms with van der Waals surface area (Å²) in [5.74, 6) is -0.993. The Morgan fingerprint density at radius 2 is 2.06 bits per heavy atom. The molecule has 0 amide bonds. The van der Waals surface area contributed by atoms with Crippen LogP contribution in [-0.4, -0.2) is 23.3 Å². The summed E-state index contributed by atoms with van der Waals surface area (Å²) in [7, 11) is 0. The fourth-order valence-electron chi connectivity index (χ4n) is 4.12. The van der Waals surface area contributed by atoms with Gasteiger partial charge < -0.3 is 15.2 Å². The number of hydrogen-bond donors (Lipinski definition) is 1. The van der Waals surface area contributed by atoms with Gasteiger partial charge in [-0.25, -0.2) is 9.78 Å². The maximum absolute atomic E-state index is 13.1. The van der Waals surface area contributed by atoms with E-state index >= 15 is 0 Å². The second kappa shape index (κ2) is 10.2. The maximum Gasteiger partial charge on any atom is 0.338 e. The largest absolute Gasteiger partial charge is 0.463 e. The van der Waals surface area contributed by atoms with Crippen LogP contribution in [0.5, 0.6) is 0 Å². The van der Waals surface area contributed by atoms with Crippen LogP contribution in [0, 0.1) is 22.7 Å². The minimum absolute atomic E-state index is 0.0754. The molecule has 1 aromatic heterocycles. The number of nitrogens with two attached hydrogens (primary N) is 1. The highest BCUT2D eigenvalue weighted by Crippen LogP contribution is 2.41. The third-order valence-corrected chi connectivity index (χ3v) is 6.91. The number of nitriles is 2. The predicted octanol–water partition coefficient (Wildman–Crippen LogP) is 4.51. The van der Waals surface area contributed by atoms with E-state index in [9.17, 15) is 15.3 Å². The van der Waals surface area contributed by atoms with Crippen molar-refractivity contribution in [2.45, 2.75) is 37.1 Å². The summed E-state index contributed by atoms with van der Waals surface area (Å²) >= 11 is 7.33. The van der Waals surface area contributed by atoms with Crippen LogP contribution in [-0.2, 0) is 27.1 Å². The van der Waals surface area contributed by atoms with Gasteiger partial charge in [0.1, 0.15) is 28.5 Å². The topological polar surface area (TPSA) is 122 Å². The quantitative estimate of drug-likeness (QED) is 0.461. The van der Waals surface area contributed by atoms with E-state index in [1.165, 1.54) is 11.8 Å². The van der Waals surface area contributed by atoms with Crippen LogP contribution in [0.1, 0.15) is 41.6 Å². The number of fused-ring (bicyclic) bond motifs is 1. The number of allylic oxidation sites excluding steroid dienone is 1. The number of carbonyl (C=O) groups excluding carboxylic acids is 1. The van der Waals surface area contributed by atoms with Crippen molar-refractivity contribution in [2.75, 3.05) is 12.4 Å². The highest BCUT2D eigenvalue weighted by molar-refractivity contribution is 7.99. The van der Waals surface area contributed by atoms with Gasteiger partial charge in [0.2, 0.25) is 5.88 Å². The van der Waals surface area contributed by atoms with Crippen molar-refractivity contribution in [1.82, 2.24) is 4.98 Å². The molecular weight excluding hydrogens is 472 g/mol. The zero-order chi connectivity index (χ0) is 24.2. The maximum atomic E-state index is 13.1. The lowest BCUT2D eigenvalue weighted by atomic mass is 9.83. The zero-order valence-electron chi connectivity index (χ0n) is 18.4. The molecule has 1 aliphatic carbocycles. The van der Waals surface area contributed by atoms with Gasteiger partial charge in [-0.05, 0) is 55.5 Å². The van der Waals surface area contributed by atoms with Crippen LogP contribution in [0.3, 0.4) is 0 Å². The molecule has 0 radical (unpaired) electrons. The van der Waals surface area contributed by atoms with E-state index < -0.39 is 11.9 Å². The molecule has 4 rings (SSSR count). The van der Waals surface area contributed by atoms with Crippen LogP contribution >= 0.6 is 23.4 Å². The molecule has 2 heterocycles. The third kappa shape index (κ3) is 4.61. The Morgan fingerprint density at radius 3 is 2.74 bits per heavy atom. The molecule has 0 saturated heterocycles. The van der Waals surface area contributed by atoms with E-state index in [1.807, 2.05) is 6.07 Å². The zero-order valence-corrected chi connectivity index (χ0v) is 20.0. The fourth-order valence-corrected chi connectivity index (χ4v) is 5.17. The summed E-state index contributed by atoms with van der Waals surface area (Å²) in [4.78, 5) is 17.8. The van der Waals surface area contributed by atoms with E-state index in [2.05, 4.69) is 17.1 Å². The van der Waals surface area contributed by atoms with E-state index in [1.54, 1.807) is 31.2 Å². The van der Waals surface area contributed by atoms with Crippen molar-refractivity contribution < 1.29 is 14.3 Å². The van der Waals surface area contributed by atoms with Gasteiger partial charge in [0.15, 0.2) is 0 Å². The molecule has 0 bridgehead atoms. The highest BCUT2D eigenvalue weighted by atomic mass is 35.5. The Balaban J connectivity index is 1.76. The minimum Gasteiger partial charge on any atom is -0.463 e. The Kier molecular flexibility index (Phi) is 7.12. The second-order valence-corrected chi connectivity index (χ2v) is 9.14. The van der Waals surface area contributed by atoms with Gasteiger partial charge in [0, 0.05) is 10.7 Å². The molecule has 172 valence electrons. The smallest absolute Gasteiger partial charge is 0.338 e. The Hall–Kier alpha value is -3.46. The summed E-state index contributed by atoms with van der Waals surface area (Å²) in [5.41, 5.74) is 9.68.